The molecule has 2 aromatic carbocycles. The number of aromatic hydroxyl groups is 1. The second-order valence-corrected chi connectivity index (χ2v) is 8.41. The first-order valence-corrected chi connectivity index (χ1v) is 9.94. The highest BCUT2D eigenvalue weighted by molar-refractivity contribution is 5.96. The lowest BCUT2D eigenvalue weighted by atomic mass is 9.84. The third-order valence-corrected chi connectivity index (χ3v) is 5.92. The fourth-order valence-corrected chi connectivity index (χ4v) is 4.48. The van der Waals surface area contributed by atoms with Crippen molar-refractivity contribution in [3.8, 4) is 5.75 Å². The molecule has 1 saturated heterocycles. The van der Waals surface area contributed by atoms with Crippen molar-refractivity contribution in [3.05, 3.63) is 65.4 Å². The SMILES string of the molecule is COC(=O)c1ccc2c([C@H](c3ccccc3O)[C@H]3CCC(C)(C)O3)cn(C)c2c1. The van der Waals surface area contributed by atoms with E-state index in [2.05, 4.69) is 20.0 Å². The average molecular weight is 393 g/mol. The van der Waals surface area contributed by atoms with E-state index in [1.165, 1.54) is 7.11 Å². The largest absolute Gasteiger partial charge is 0.508 e. The van der Waals surface area contributed by atoms with Crippen LogP contribution in [-0.2, 0) is 16.5 Å². The van der Waals surface area contributed by atoms with E-state index in [0.717, 1.165) is 34.9 Å². The molecule has 29 heavy (non-hydrogen) atoms. The summed E-state index contributed by atoms with van der Waals surface area (Å²) in [4.78, 5) is 12.0. The maximum absolute atomic E-state index is 12.0. The number of rotatable bonds is 4. The minimum absolute atomic E-state index is 0.0378. The number of ether oxygens (including phenoxy) is 2. The average Bonchev–Trinajstić information content (AvgIpc) is 3.22. The van der Waals surface area contributed by atoms with Crippen LogP contribution in [0.1, 0.15) is 54.1 Å². The molecule has 1 aliphatic heterocycles. The fourth-order valence-electron chi connectivity index (χ4n) is 4.48. The van der Waals surface area contributed by atoms with Gasteiger partial charge < -0.3 is 19.1 Å². The molecular weight excluding hydrogens is 366 g/mol. The van der Waals surface area contributed by atoms with Crippen molar-refractivity contribution < 1.29 is 19.4 Å². The summed E-state index contributed by atoms with van der Waals surface area (Å²) in [6.07, 6.45) is 3.93. The normalized spacial score (nSPS) is 19.4. The quantitative estimate of drug-likeness (QED) is 0.649. The number of methoxy groups -OCH3 is 1. The van der Waals surface area contributed by atoms with E-state index in [4.69, 9.17) is 9.47 Å². The molecule has 1 N–H and O–H groups in total. The van der Waals surface area contributed by atoms with E-state index in [9.17, 15) is 9.90 Å². The number of aromatic nitrogens is 1. The standard InChI is InChI=1S/C24H27NO4/c1-24(2)12-11-21(29-24)22(17-7-5-6-8-20(17)26)18-14-25(3)19-13-15(23(27)28-4)9-10-16(18)19/h5-10,13-14,21-22,26H,11-12H2,1-4H3/t21-,22+/m1/s1. The number of hydrogen-bond donors (Lipinski definition) is 1. The molecule has 0 saturated carbocycles. The minimum Gasteiger partial charge on any atom is -0.508 e. The van der Waals surface area contributed by atoms with Crippen molar-refractivity contribution in [2.24, 2.45) is 7.05 Å². The first-order chi connectivity index (χ1) is 13.8. The topological polar surface area (TPSA) is 60.7 Å². The molecule has 0 amide bonds. The Labute approximate surface area is 170 Å². The third-order valence-electron chi connectivity index (χ3n) is 5.92. The van der Waals surface area contributed by atoms with E-state index >= 15 is 0 Å². The molecule has 1 fully saturated rings. The first kappa shape index (κ1) is 19.5. The van der Waals surface area contributed by atoms with Crippen LogP contribution in [0.15, 0.2) is 48.7 Å². The summed E-state index contributed by atoms with van der Waals surface area (Å²) in [5.41, 5.74) is 3.23. The number of phenolic OH excluding ortho intramolecular Hbond substituents is 1. The summed E-state index contributed by atoms with van der Waals surface area (Å²) in [5, 5.41) is 11.7. The van der Waals surface area contributed by atoms with Crippen LogP contribution in [-0.4, -0.2) is 34.5 Å². The Hall–Kier alpha value is -2.79. The second kappa shape index (κ2) is 7.23. The van der Waals surface area contributed by atoms with Gasteiger partial charge in [0.05, 0.1) is 24.4 Å². The van der Waals surface area contributed by atoms with Gasteiger partial charge in [0.25, 0.3) is 0 Å². The zero-order chi connectivity index (χ0) is 20.8. The van der Waals surface area contributed by atoms with Crippen molar-refractivity contribution in [2.45, 2.75) is 44.3 Å². The molecule has 0 radical (unpaired) electrons. The summed E-state index contributed by atoms with van der Waals surface area (Å²) in [6, 6.07) is 13.1. The van der Waals surface area contributed by atoms with E-state index < -0.39 is 0 Å². The maximum Gasteiger partial charge on any atom is 0.337 e. The van der Waals surface area contributed by atoms with Crippen molar-refractivity contribution in [1.29, 1.82) is 0 Å². The van der Waals surface area contributed by atoms with Crippen LogP contribution >= 0.6 is 0 Å². The lowest BCUT2D eigenvalue weighted by Gasteiger charge is -2.27. The van der Waals surface area contributed by atoms with Gasteiger partial charge in [-0.2, -0.15) is 0 Å². The lowest BCUT2D eigenvalue weighted by molar-refractivity contribution is -0.0216. The van der Waals surface area contributed by atoms with Crippen LogP contribution in [0.5, 0.6) is 5.75 Å². The summed E-state index contributed by atoms with van der Waals surface area (Å²) in [6.45, 7) is 4.22. The van der Waals surface area contributed by atoms with Gasteiger partial charge in [-0.25, -0.2) is 4.79 Å². The van der Waals surface area contributed by atoms with Gasteiger partial charge in [0.15, 0.2) is 0 Å². The first-order valence-electron chi connectivity index (χ1n) is 9.94. The highest BCUT2D eigenvalue weighted by atomic mass is 16.5. The number of nitrogens with zero attached hydrogens (tertiary/aromatic N) is 1. The highest BCUT2D eigenvalue weighted by Crippen LogP contribution is 2.45. The van der Waals surface area contributed by atoms with E-state index in [0.29, 0.717) is 5.56 Å². The summed E-state index contributed by atoms with van der Waals surface area (Å²) in [5.74, 6) is -0.188. The van der Waals surface area contributed by atoms with Crippen LogP contribution in [0, 0.1) is 0 Å². The molecule has 0 aliphatic carbocycles. The van der Waals surface area contributed by atoms with Crippen LogP contribution in [0.4, 0.5) is 0 Å². The van der Waals surface area contributed by atoms with Gasteiger partial charge in [-0.3, -0.25) is 0 Å². The number of esters is 1. The zero-order valence-corrected chi connectivity index (χ0v) is 17.3. The number of para-hydroxylation sites is 1. The number of benzene rings is 2. The Balaban J connectivity index is 1.88. The predicted molar refractivity (Wildman–Crippen MR) is 112 cm³/mol. The molecule has 1 aliphatic rings. The number of phenols is 1. The van der Waals surface area contributed by atoms with E-state index in [-0.39, 0.29) is 29.3 Å². The summed E-state index contributed by atoms with van der Waals surface area (Å²) in [7, 11) is 3.35. The van der Waals surface area contributed by atoms with Gasteiger partial charge in [0.1, 0.15) is 5.75 Å². The molecule has 0 bridgehead atoms. The van der Waals surface area contributed by atoms with Crippen LogP contribution in [0.3, 0.4) is 0 Å². The maximum atomic E-state index is 12.0. The van der Waals surface area contributed by atoms with Gasteiger partial charge >= 0.3 is 5.97 Å². The van der Waals surface area contributed by atoms with Crippen LogP contribution in [0.2, 0.25) is 0 Å². The van der Waals surface area contributed by atoms with Crippen molar-refractivity contribution in [1.82, 2.24) is 4.57 Å². The number of fused-ring (bicyclic) bond motifs is 1. The second-order valence-electron chi connectivity index (χ2n) is 8.41. The molecule has 5 nitrogen and oxygen atoms in total. The fraction of sp³-hybridized carbons (Fsp3) is 0.375. The minimum atomic E-state index is -0.354. The van der Waals surface area contributed by atoms with Crippen molar-refractivity contribution in [2.75, 3.05) is 7.11 Å². The molecule has 1 aromatic heterocycles. The third kappa shape index (κ3) is 3.51. The molecule has 2 atom stereocenters. The zero-order valence-electron chi connectivity index (χ0n) is 17.3. The number of aryl methyl sites for hydroxylation is 1. The molecule has 4 rings (SSSR count). The molecule has 152 valence electrons. The summed E-state index contributed by atoms with van der Waals surface area (Å²) < 4.78 is 13.3. The van der Waals surface area contributed by atoms with Gasteiger partial charge in [-0.15, -0.1) is 0 Å². The molecule has 5 heteroatoms. The number of hydrogen-bond acceptors (Lipinski definition) is 4. The predicted octanol–water partition coefficient (Wildman–Crippen LogP) is 4.76. The number of carbonyl (C=O) groups excluding carboxylic acids is 1. The molecule has 2 heterocycles. The Kier molecular flexibility index (Phi) is 4.87. The van der Waals surface area contributed by atoms with Gasteiger partial charge in [-0.1, -0.05) is 24.3 Å². The van der Waals surface area contributed by atoms with Gasteiger partial charge in [-0.05, 0) is 50.5 Å². The Bertz CT molecular complexity index is 1070. The molecule has 3 aromatic rings. The molecule has 0 unspecified atom stereocenters. The van der Waals surface area contributed by atoms with Crippen LogP contribution < -0.4 is 0 Å². The van der Waals surface area contributed by atoms with Gasteiger partial charge in [0.2, 0.25) is 0 Å². The Morgan fingerprint density at radius 1 is 1.24 bits per heavy atom. The van der Waals surface area contributed by atoms with Crippen LogP contribution in [0.25, 0.3) is 10.9 Å². The van der Waals surface area contributed by atoms with Crippen molar-refractivity contribution in [3.63, 3.8) is 0 Å². The van der Waals surface area contributed by atoms with Crippen molar-refractivity contribution >= 4 is 16.9 Å². The highest BCUT2D eigenvalue weighted by Gasteiger charge is 2.39. The van der Waals surface area contributed by atoms with E-state index in [1.54, 1.807) is 12.1 Å². The smallest absolute Gasteiger partial charge is 0.337 e. The Morgan fingerprint density at radius 2 is 2.00 bits per heavy atom. The van der Waals surface area contributed by atoms with E-state index in [1.807, 2.05) is 41.9 Å². The summed E-state index contributed by atoms with van der Waals surface area (Å²) >= 11 is 0. The molecule has 0 spiro atoms. The lowest BCUT2D eigenvalue weighted by Crippen LogP contribution is -2.25. The molecular formula is C24H27NO4. The van der Waals surface area contributed by atoms with Gasteiger partial charge in [0, 0.05) is 35.6 Å². The Morgan fingerprint density at radius 3 is 2.66 bits per heavy atom. The number of carbonyl (C=O) groups is 1. The monoisotopic (exact) mass is 393 g/mol.